The largest absolute Gasteiger partial charge is 0.390 e. The summed E-state index contributed by atoms with van der Waals surface area (Å²) >= 11 is 0. The van der Waals surface area contributed by atoms with Gasteiger partial charge in [0, 0.05) is 18.3 Å². The van der Waals surface area contributed by atoms with E-state index in [1.807, 2.05) is 13.8 Å². The Morgan fingerprint density at radius 3 is 2.55 bits per heavy atom. The second kappa shape index (κ2) is 6.01. The molecule has 0 aromatic carbocycles. The fourth-order valence-electron chi connectivity index (χ4n) is 3.98. The highest BCUT2D eigenvalue weighted by Crippen LogP contribution is 2.47. The summed E-state index contributed by atoms with van der Waals surface area (Å²) in [5, 5.41) is 9.99. The summed E-state index contributed by atoms with van der Waals surface area (Å²) in [6.45, 7) is 8.06. The van der Waals surface area contributed by atoms with Crippen LogP contribution in [0, 0.1) is 29.6 Å². The van der Waals surface area contributed by atoms with Gasteiger partial charge >= 0.3 is 0 Å². The van der Waals surface area contributed by atoms with E-state index < -0.39 is 5.60 Å². The van der Waals surface area contributed by atoms with Crippen LogP contribution in [0.5, 0.6) is 0 Å². The number of fused-ring (bicyclic) bond motifs is 1. The second-order valence-corrected chi connectivity index (χ2v) is 7.56. The molecule has 0 amide bonds. The van der Waals surface area contributed by atoms with E-state index in [9.17, 15) is 9.90 Å². The average Bonchev–Trinajstić information content (AvgIpc) is 2.79. The van der Waals surface area contributed by atoms with Gasteiger partial charge in [-0.25, -0.2) is 0 Å². The van der Waals surface area contributed by atoms with Crippen LogP contribution in [0.1, 0.15) is 59.8 Å². The predicted octanol–water partition coefficient (Wildman–Crippen LogP) is 3.98. The SMILES string of the molecule is C[C@H](/C=C/[C@H](C)C(C)(C)O)C1CC[C@H]2C(=O)CCC[C@H]12. The van der Waals surface area contributed by atoms with Gasteiger partial charge in [0.2, 0.25) is 0 Å². The van der Waals surface area contributed by atoms with Crippen molar-refractivity contribution >= 4 is 5.78 Å². The zero-order valence-electron chi connectivity index (χ0n) is 13.4. The molecule has 2 heteroatoms. The molecule has 114 valence electrons. The standard InChI is InChI=1S/C18H30O2/c1-12(8-9-13(2)18(3,4)20)14-10-11-16-15(14)6-5-7-17(16)19/h8-9,12-16,20H,5-7,10-11H2,1-4H3/b9-8+/t12-,13+,14?,15-,16-/m1/s1. The summed E-state index contributed by atoms with van der Waals surface area (Å²) in [7, 11) is 0. The Kier molecular flexibility index (Phi) is 4.73. The number of hydrogen-bond donors (Lipinski definition) is 1. The van der Waals surface area contributed by atoms with Gasteiger partial charge < -0.3 is 5.11 Å². The molecule has 2 rings (SSSR count). The van der Waals surface area contributed by atoms with Crippen LogP contribution in [0.15, 0.2) is 12.2 Å². The van der Waals surface area contributed by atoms with Gasteiger partial charge in [-0.1, -0.05) is 26.0 Å². The highest BCUT2D eigenvalue weighted by atomic mass is 16.3. The lowest BCUT2D eigenvalue weighted by atomic mass is 9.73. The van der Waals surface area contributed by atoms with E-state index in [4.69, 9.17) is 0 Å². The van der Waals surface area contributed by atoms with Crippen LogP contribution >= 0.6 is 0 Å². The third-order valence-corrected chi connectivity index (χ3v) is 5.74. The molecule has 0 aromatic rings. The minimum atomic E-state index is -0.658. The van der Waals surface area contributed by atoms with Gasteiger partial charge in [-0.2, -0.15) is 0 Å². The van der Waals surface area contributed by atoms with Crippen LogP contribution in [-0.2, 0) is 4.79 Å². The molecule has 0 bridgehead atoms. The van der Waals surface area contributed by atoms with Crippen molar-refractivity contribution in [2.24, 2.45) is 29.6 Å². The van der Waals surface area contributed by atoms with Gasteiger partial charge in [0.15, 0.2) is 0 Å². The number of rotatable bonds is 4. The first-order valence-corrected chi connectivity index (χ1v) is 8.24. The maximum atomic E-state index is 12.0. The van der Waals surface area contributed by atoms with Gasteiger partial charge in [0.1, 0.15) is 5.78 Å². The van der Waals surface area contributed by atoms with E-state index in [1.165, 1.54) is 12.8 Å². The molecule has 5 atom stereocenters. The van der Waals surface area contributed by atoms with Gasteiger partial charge in [0.05, 0.1) is 5.60 Å². The third kappa shape index (κ3) is 3.33. The first-order valence-electron chi connectivity index (χ1n) is 8.24. The quantitative estimate of drug-likeness (QED) is 0.790. The Hall–Kier alpha value is -0.630. The fraction of sp³-hybridized carbons (Fsp3) is 0.833. The summed E-state index contributed by atoms with van der Waals surface area (Å²) in [5.74, 6) is 2.83. The lowest BCUT2D eigenvalue weighted by molar-refractivity contribution is -0.126. The highest BCUT2D eigenvalue weighted by molar-refractivity contribution is 5.82. The Balaban J connectivity index is 1.98. The molecule has 0 heterocycles. The zero-order chi connectivity index (χ0) is 14.9. The van der Waals surface area contributed by atoms with Crippen LogP contribution in [-0.4, -0.2) is 16.5 Å². The fourth-order valence-corrected chi connectivity index (χ4v) is 3.98. The van der Waals surface area contributed by atoms with Gasteiger partial charge in [-0.3, -0.25) is 4.79 Å². The van der Waals surface area contributed by atoms with Crippen molar-refractivity contribution in [3.05, 3.63) is 12.2 Å². The number of Topliss-reactive ketones (excluding diaryl/α,β-unsaturated/α-hetero) is 1. The Labute approximate surface area is 123 Å². The molecule has 2 aliphatic carbocycles. The van der Waals surface area contributed by atoms with E-state index in [1.54, 1.807) is 0 Å². The van der Waals surface area contributed by atoms with E-state index >= 15 is 0 Å². The smallest absolute Gasteiger partial charge is 0.136 e. The van der Waals surface area contributed by atoms with Crippen molar-refractivity contribution < 1.29 is 9.90 Å². The molecule has 0 saturated heterocycles. The van der Waals surface area contributed by atoms with Gasteiger partial charge in [-0.05, 0) is 57.3 Å². The molecular formula is C18H30O2. The molecular weight excluding hydrogens is 248 g/mol. The first-order chi connectivity index (χ1) is 9.30. The van der Waals surface area contributed by atoms with E-state index in [2.05, 4.69) is 26.0 Å². The molecule has 1 N–H and O–H groups in total. The van der Waals surface area contributed by atoms with Crippen LogP contribution in [0.3, 0.4) is 0 Å². The van der Waals surface area contributed by atoms with Crippen molar-refractivity contribution in [3.8, 4) is 0 Å². The molecule has 1 unspecified atom stereocenters. The van der Waals surface area contributed by atoms with Crippen molar-refractivity contribution in [1.82, 2.24) is 0 Å². The van der Waals surface area contributed by atoms with Crippen LogP contribution in [0.25, 0.3) is 0 Å². The molecule has 20 heavy (non-hydrogen) atoms. The van der Waals surface area contributed by atoms with Crippen molar-refractivity contribution in [2.45, 2.75) is 65.4 Å². The van der Waals surface area contributed by atoms with Crippen LogP contribution in [0.4, 0.5) is 0 Å². The molecule has 0 aromatic heterocycles. The monoisotopic (exact) mass is 278 g/mol. The first kappa shape index (κ1) is 15.8. The topological polar surface area (TPSA) is 37.3 Å². The number of hydrogen-bond acceptors (Lipinski definition) is 2. The summed E-state index contributed by atoms with van der Waals surface area (Å²) < 4.78 is 0. The lowest BCUT2D eigenvalue weighted by Gasteiger charge is -2.31. The maximum absolute atomic E-state index is 12.0. The molecule has 2 aliphatic rings. The number of aliphatic hydroxyl groups is 1. The molecule has 2 saturated carbocycles. The average molecular weight is 278 g/mol. The number of carbonyl (C=O) groups is 1. The Morgan fingerprint density at radius 2 is 1.90 bits per heavy atom. The van der Waals surface area contributed by atoms with E-state index in [-0.39, 0.29) is 5.92 Å². The number of carbonyl (C=O) groups excluding carboxylic acids is 1. The minimum absolute atomic E-state index is 0.162. The second-order valence-electron chi connectivity index (χ2n) is 7.56. The van der Waals surface area contributed by atoms with Crippen molar-refractivity contribution in [3.63, 3.8) is 0 Å². The summed E-state index contributed by atoms with van der Waals surface area (Å²) in [6, 6.07) is 0. The highest BCUT2D eigenvalue weighted by Gasteiger charge is 2.43. The molecule has 0 radical (unpaired) electrons. The predicted molar refractivity (Wildman–Crippen MR) is 82.3 cm³/mol. The van der Waals surface area contributed by atoms with Gasteiger partial charge in [-0.15, -0.1) is 0 Å². The maximum Gasteiger partial charge on any atom is 0.136 e. The Morgan fingerprint density at radius 1 is 1.20 bits per heavy atom. The van der Waals surface area contributed by atoms with E-state index in [0.29, 0.717) is 29.5 Å². The summed E-state index contributed by atoms with van der Waals surface area (Å²) in [5.41, 5.74) is -0.658. The van der Waals surface area contributed by atoms with Crippen LogP contribution in [0.2, 0.25) is 0 Å². The molecule has 2 fully saturated rings. The lowest BCUT2D eigenvalue weighted by Crippen LogP contribution is -2.29. The van der Waals surface area contributed by atoms with E-state index in [0.717, 1.165) is 19.3 Å². The Bertz CT molecular complexity index is 377. The van der Waals surface area contributed by atoms with Crippen molar-refractivity contribution in [2.75, 3.05) is 0 Å². The summed E-state index contributed by atoms with van der Waals surface area (Å²) in [6.07, 6.45) is 9.87. The molecule has 0 spiro atoms. The van der Waals surface area contributed by atoms with Crippen molar-refractivity contribution in [1.29, 1.82) is 0 Å². The molecule has 2 nitrogen and oxygen atoms in total. The zero-order valence-corrected chi connectivity index (χ0v) is 13.4. The summed E-state index contributed by atoms with van der Waals surface area (Å²) in [4.78, 5) is 12.0. The third-order valence-electron chi connectivity index (χ3n) is 5.74. The normalized spacial score (nSPS) is 34.2. The molecule has 0 aliphatic heterocycles. The number of allylic oxidation sites excluding steroid dienone is 1. The minimum Gasteiger partial charge on any atom is -0.390 e. The van der Waals surface area contributed by atoms with Gasteiger partial charge in [0.25, 0.3) is 0 Å². The van der Waals surface area contributed by atoms with Crippen LogP contribution < -0.4 is 0 Å². The number of ketones is 1.